The van der Waals surface area contributed by atoms with Crippen LogP contribution >= 0.6 is 11.3 Å². The van der Waals surface area contributed by atoms with E-state index in [-0.39, 0.29) is 5.91 Å². The number of anilines is 1. The van der Waals surface area contributed by atoms with Crippen LogP contribution in [0.5, 0.6) is 0 Å². The van der Waals surface area contributed by atoms with Gasteiger partial charge in [-0.05, 0) is 46.2 Å². The van der Waals surface area contributed by atoms with Gasteiger partial charge in [-0.3, -0.25) is 4.79 Å². The van der Waals surface area contributed by atoms with Crippen LogP contribution in [0.4, 0.5) is 5.69 Å². The topological polar surface area (TPSA) is 55.1 Å². The predicted molar refractivity (Wildman–Crippen MR) is 88.5 cm³/mol. The average Bonchev–Trinajstić information content (AvgIpc) is 2.95. The van der Waals surface area contributed by atoms with Gasteiger partial charge in [0.25, 0.3) is 0 Å². The molecule has 106 valence electrons. The van der Waals surface area contributed by atoms with Crippen LogP contribution in [-0.2, 0) is 17.8 Å². The molecule has 1 heterocycles. The van der Waals surface area contributed by atoms with E-state index < -0.39 is 0 Å². The van der Waals surface area contributed by atoms with E-state index in [9.17, 15) is 4.79 Å². The van der Waals surface area contributed by atoms with E-state index in [1.54, 1.807) is 11.3 Å². The zero-order valence-corrected chi connectivity index (χ0v) is 12.3. The predicted octanol–water partition coefficient (Wildman–Crippen LogP) is 3.54. The molecule has 1 aromatic heterocycles. The van der Waals surface area contributed by atoms with Gasteiger partial charge in [0, 0.05) is 16.9 Å². The number of benzene rings is 2. The molecule has 0 bridgehead atoms. The van der Waals surface area contributed by atoms with Gasteiger partial charge < -0.3 is 11.1 Å². The van der Waals surface area contributed by atoms with E-state index in [1.807, 2.05) is 47.8 Å². The molecule has 3 nitrogen and oxygen atoms in total. The average molecular weight is 296 g/mol. The summed E-state index contributed by atoms with van der Waals surface area (Å²) in [5.41, 5.74) is 8.52. The quantitative estimate of drug-likeness (QED) is 0.773. The van der Waals surface area contributed by atoms with Crippen LogP contribution < -0.4 is 11.1 Å². The first-order valence-electron chi connectivity index (χ1n) is 6.80. The highest BCUT2D eigenvalue weighted by atomic mass is 32.1. The van der Waals surface area contributed by atoms with E-state index in [1.165, 1.54) is 4.70 Å². The lowest BCUT2D eigenvalue weighted by Crippen LogP contribution is -2.16. The Morgan fingerprint density at radius 3 is 2.71 bits per heavy atom. The summed E-state index contributed by atoms with van der Waals surface area (Å²) >= 11 is 1.70. The molecule has 1 amide bonds. The molecule has 0 saturated carbocycles. The molecule has 3 rings (SSSR count). The van der Waals surface area contributed by atoms with Gasteiger partial charge in [0.2, 0.25) is 5.91 Å². The summed E-state index contributed by atoms with van der Waals surface area (Å²) in [6, 6.07) is 15.8. The van der Waals surface area contributed by atoms with Gasteiger partial charge in [-0.2, -0.15) is 0 Å². The van der Waals surface area contributed by atoms with Gasteiger partial charge in [0.1, 0.15) is 0 Å². The SMILES string of the molecule is NCc1ccccc1CC(=O)Nc1ccc2sccc2c1. The van der Waals surface area contributed by atoms with Crippen molar-refractivity contribution in [2.45, 2.75) is 13.0 Å². The van der Waals surface area contributed by atoms with Crippen molar-refractivity contribution in [3.63, 3.8) is 0 Å². The molecule has 0 aliphatic heterocycles. The van der Waals surface area contributed by atoms with Crippen LogP contribution in [0.2, 0.25) is 0 Å². The zero-order valence-electron chi connectivity index (χ0n) is 11.5. The normalized spacial score (nSPS) is 10.7. The monoisotopic (exact) mass is 296 g/mol. The van der Waals surface area contributed by atoms with Crippen LogP contribution in [0.3, 0.4) is 0 Å². The summed E-state index contributed by atoms with van der Waals surface area (Å²) in [6.45, 7) is 0.449. The van der Waals surface area contributed by atoms with Crippen molar-refractivity contribution in [1.29, 1.82) is 0 Å². The second kappa shape index (κ2) is 6.08. The van der Waals surface area contributed by atoms with Crippen molar-refractivity contribution in [1.82, 2.24) is 0 Å². The number of nitrogens with two attached hydrogens (primary N) is 1. The van der Waals surface area contributed by atoms with Crippen molar-refractivity contribution < 1.29 is 4.79 Å². The largest absolute Gasteiger partial charge is 0.326 e. The first kappa shape index (κ1) is 13.8. The van der Waals surface area contributed by atoms with E-state index >= 15 is 0 Å². The van der Waals surface area contributed by atoms with Crippen molar-refractivity contribution in [2.75, 3.05) is 5.32 Å². The lowest BCUT2D eigenvalue weighted by atomic mass is 10.0. The fraction of sp³-hybridized carbons (Fsp3) is 0.118. The van der Waals surface area contributed by atoms with Crippen molar-refractivity contribution in [3.05, 3.63) is 65.0 Å². The number of thiophene rings is 1. The summed E-state index contributed by atoms with van der Waals surface area (Å²) in [5, 5.41) is 6.15. The van der Waals surface area contributed by atoms with Crippen LogP contribution in [0.25, 0.3) is 10.1 Å². The number of rotatable bonds is 4. The molecule has 0 aliphatic carbocycles. The van der Waals surface area contributed by atoms with E-state index in [2.05, 4.69) is 11.4 Å². The van der Waals surface area contributed by atoms with Gasteiger partial charge in [-0.15, -0.1) is 11.3 Å². The molecule has 0 saturated heterocycles. The Balaban J connectivity index is 1.73. The van der Waals surface area contributed by atoms with Crippen LogP contribution in [-0.4, -0.2) is 5.91 Å². The van der Waals surface area contributed by atoms with Gasteiger partial charge in [-0.1, -0.05) is 24.3 Å². The molecule has 0 radical (unpaired) electrons. The summed E-state index contributed by atoms with van der Waals surface area (Å²) < 4.78 is 1.22. The lowest BCUT2D eigenvalue weighted by molar-refractivity contribution is -0.115. The Hall–Kier alpha value is -2.17. The second-order valence-electron chi connectivity index (χ2n) is 4.87. The van der Waals surface area contributed by atoms with Gasteiger partial charge >= 0.3 is 0 Å². The second-order valence-corrected chi connectivity index (χ2v) is 5.82. The van der Waals surface area contributed by atoms with E-state index in [0.29, 0.717) is 13.0 Å². The summed E-state index contributed by atoms with van der Waals surface area (Å²) in [5.74, 6) is -0.0227. The Morgan fingerprint density at radius 1 is 1.10 bits per heavy atom. The molecular weight excluding hydrogens is 280 g/mol. The van der Waals surface area contributed by atoms with E-state index in [4.69, 9.17) is 5.73 Å². The smallest absolute Gasteiger partial charge is 0.228 e. The Morgan fingerprint density at radius 2 is 1.90 bits per heavy atom. The van der Waals surface area contributed by atoms with Crippen LogP contribution in [0.15, 0.2) is 53.9 Å². The number of amides is 1. The minimum Gasteiger partial charge on any atom is -0.326 e. The third kappa shape index (κ3) is 3.12. The Bertz CT molecular complexity index is 779. The standard InChI is InChI=1S/C17H16N2OS/c18-11-14-4-2-1-3-12(14)10-17(20)19-15-5-6-16-13(9-15)7-8-21-16/h1-9H,10-11,18H2,(H,19,20). The lowest BCUT2D eigenvalue weighted by Gasteiger charge is -2.08. The summed E-state index contributed by atoms with van der Waals surface area (Å²) in [6.07, 6.45) is 0.342. The maximum Gasteiger partial charge on any atom is 0.228 e. The highest BCUT2D eigenvalue weighted by molar-refractivity contribution is 7.17. The molecular formula is C17H16N2OS. The molecule has 0 aliphatic rings. The zero-order chi connectivity index (χ0) is 14.7. The molecule has 4 heteroatoms. The van der Waals surface area contributed by atoms with Crippen LogP contribution in [0.1, 0.15) is 11.1 Å². The molecule has 0 fully saturated rings. The Labute approximate surface area is 127 Å². The molecule has 21 heavy (non-hydrogen) atoms. The maximum atomic E-state index is 12.2. The number of hydrogen-bond donors (Lipinski definition) is 2. The molecule has 2 aromatic carbocycles. The molecule has 3 N–H and O–H groups in total. The van der Waals surface area contributed by atoms with Crippen molar-refractivity contribution in [2.24, 2.45) is 5.73 Å². The highest BCUT2D eigenvalue weighted by Gasteiger charge is 2.08. The van der Waals surface area contributed by atoms with Gasteiger partial charge in [0.15, 0.2) is 0 Å². The highest BCUT2D eigenvalue weighted by Crippen LogP contribution is 2.24. The van der Waals surface area contributed by atoms with Crippen LogP contribution in [0, 0.1) is 0 Å². The number of carbonyl (C=O) groups excluding carboxylic acids is 1. The first-order chi connectivity index (χ1) is 10.3. The molecule has 0 spiro atoms. The molecule has 3 aromatic rings. The van der Waals surface area contributed by atoms with Gasteiger partial charge in [-0.25, -0.2) is 0 Å². The van der Waals surface area contributed by atoms with E-state index in [0.717, 1.165) is 22.2 Å². The molecule has 0 unspecified atom stereocenters. The number of carbonyl (C=O) groups is 1. The van der Waals surface area contributed by atoms with Gasteiger partial charge in [0.05, 0.1) is 6.42 Å². The summed E-state index contributed by atoms with van der Waals surface area (Å²) in [7, 11) is 0. The molecule has 0 atom stereocenters. The first-order valence-corrected chi connectivity index (χ1v) is 7.68. The number of nitrogens with one attached hydrogen (secondary N) is 1. The summed E-state index contributed by atoms with van der Waals surface area (Å²) in [4.78, 5) is 12.2. The minimum atomic E-state index is -0.0227. The van der Waals surface area contributed by atoms with Crippen molar-refractivity contribution >= 4 is 33.0 Å². The third-order valence-electron chi connectivity index (χ3n) is 3.43. The number of fused-ring (bicyclic) bond motifs is 1. The fourth-order valence-electron chi connectivity index (χ4n) is 2.35. The van der Waals surface area contributed by atoms with Crippen molar-refractivity contribution in [3.8, 4) is 0 Å². The minimum absolute atomic E-state index is 0.0227. The number of hydrogen-bond acceptors (Lipinski definition) is 3. The maximum absolute atomic E-state index is 12.2. The third-order valence-corrected chi connectivity index (χ3v) is 4.32. The Kier molecular flexibility index (Phi) is 3.99. The fourth-order valence-corrected chi connectivity index (χ4v) is 3.12.